The highest BCUT2D eigenvalue weighted by molar-refractivity contribution is 5.86. The highest BCUT2D eigenvalue weighted by Crippen LogP contribution is 2.22. The van der Waals surface area contributed by atoms with Gasteiger partial charge >= 0.3 is 6.09 Å². The number of halogens is 1. The van der Waals surface area contributed by atoms with E-state index in [4.69, 9.17) is 9.47 Å². The molecule has 0 aliphatic carbocycles. The second-order valence-electron chi connectivity index (χ2n) is 7.04. The molecule has 0 radical (unpaired) electrons. The van der Waals surface area contributed by atoms with Gasteiger partial charge in [-0.3, -0.25) is 9.69 Å². The summed E-state index contributed by atoms with van der Waals surface area (Å²) in [6.45, 7) is 5.13. The van der Waals surface area contributed by atoms with Gasteiger partial charge in [-0.1, -0.05) is 18.2 Å². The van der Waals surface area contributed by atoms with Crippen LogP contribution >= 0.6 is 0 Å². The van der Waals surface area contributed by atoms with Crippen molar-refractivity contribution >= 4 is 12.0 Å². The third-order valence-electron chi connectivity index (χ3n) is 3.84. The zero-order valence-corrected chi connectivity index (χ0v) is 15.5. The minimum Gasteiger partial charge on any atom is -0.496 e. The Bertz CT molecular complexity index is 697. The Morgan fingerprint density at radius 3 is 2.65 bits per heavy atom. The fraction of sp³-hybridized carbons (Fsp3) is 0.474. The molecule has 0 bridgehead atoms. The quantitative estimate of drug-likeness (QED) is 0.891. The minimum atomic E-state index is -0.820. The van der Waals surface area contributed by atoms with Crippen molar-refractivity contribution in [1.29, 1.82) is 0 Å². The molecule has 0 saturated carbocycles. The van der Waals surface area contributed by atoms with Gasteiger partial charge in [-0.05, 0) is 39.3 Å². The van der Waals surface area contributed by atoms with Crippen LogP contribution in [0.15, 0.2) is 36.2 Å². The lowest BCUT2D eigenvalue weighted by atomic mass is 10.1. The molecule has 1 aliphatic heterocycles. The van der Waals surface area contributed by atoms with E-state index in [9.17, 15) is 14.0 Å². The third-order valence-corrected chi connectivity index (χ3v) is 3.84. The van der Waals surface area contributed by atoms with Crippen molar-refractivity contribution in [2.24, 2.45) is 0 Å². The molecule has 0 spiro atoms. The number of amides is 2. The molecule has 1 aromatic carbocycles. The molecule has 0 fully saturated rings. The Morgan fingerprint density at radius 2 is 2.00 bits per heavy atom. The molecule has 0 aromatic heterocycles. The summed E-state index contributed by atoms with van der Waals surface area (Å²) >= 11 is 0. The van der Waals surface area contributed by atoms with E-state index < -0.39 is 23.6 Å². The molecular weight excluding hydrogens is 339 g/mol. The summed E-state index contributed by atoms with van der Waals surface area (Å²) < 4.78 is 24.2. The molecule has 26 heavy (non-hydrogen) atoms. The number of hydrogen-bond acceptors (Lipinski definition) is 4. The Balaban J connectivity index is 2.08. The Morgan fingerprint density at radius 1 is 1.31 bits per heavy atom. The van der Waals surface area contributed by atoms with Crippen molar-refractivity contribution in [3.05, 3.63) is 41.7 Å². The van der Waals surface area contributed by atoms with Crippen LogP contribution in [-0.2, 0) is 16.1 Å². The fourth-order valence-corrected chi connectivity index (χ4v) is 2.61. The summed E-state index contributed by atoms with van der Waals surface area (Å²) in [7, 11) is 1.56. The number of hydrogen-bond donors (Lipinski definition) is 1. The Hall–Kier alpha value is -2.57. The predicted octanol–water partition coefficient (Wildman–Crippen LogP) is 3.17. The molecule has 2 amide bonds. The second-order valence-corrected chi connectivity index (χ2v) is 7.04. The van der Waals surface area contributed by atoms with Gasteiger partial charge in [0.1, 0.15) is 23.2 Å². The van der Waals surface area contributed by atoms with Gasteiger partial charge in [0.25, 0.3) is 0 Å². The monoisotopic (exact) mass is 364 g/mol. The number of ether oxygens (including phenoxy) is 2. The SMILES string of the molecule is COc1ccccc1CNC(=O)C1CC=C(F)CN1C(=O)OC(C)(C)C. The van der Waals surface area contributed by atoms with Gasteiger partial charge in [0.15, 0.2) is 0 Å². The normalized spacial score (nSPS) is 17.3. The first kappa shape index (κ1) is 19.8. The van der Waals surface area contributed by atoms with Gasteiger partial charge in [-0.25, -0.2) is 9.18 Å². The van der Waals surface area contributed by atoms with Crippen molar-refractivity contribution in [1.82, 2.24) is 10.2 Å². The molecule has 1 atom stereocenters. The largest absolute Gasteiger partial charge is 0.496 e. The number of para-hydroxylation sites is 1. The van der Waals surface area contributed by atoms with Crippen molar-refractivity contribution in [2.45, 2.75) is 45.4 Å². The lowest BCUT2D eigenvalue weighted by Crippen LogP contribution is -2.52. The number of carbonyl (C=O) groups excluding carboxylic acids is 2. The standard InChI is InChI=1S/C19H25FN2O4/c1-19(2,3)26-18(24)22-12-14(20)9-10-15(22)17(23)21-11-13-7-5-6-8-16(13)25-4/h5-9,15H,10-12H2,1-4H3,(H,21,23). The van der Waals surface area contributed by atoms with Crippen LogP contribution in [0.4, 0.5) is 9.18 Å². The van der Waals surface area contributed by atoms with Crippen LogP contribution in [0.3, 0.4) is 0 Å². The number of rotatable bonds is 4. The van der Waals surface area contributed by atoms with Crippen molar-refractivity contribution in [3.63, 3.8) is 0 Å². The van der Waals surface area contributed by atoms with E-state index in [1.165, 1.54) is 6.08 Å². The molecule has 7 heteroatoms. The maximum Gasteiger partial charge on any atom is 0.411 e. The molecule has 1 aromatic rings. The Labute approximate surface area is 153 Å². The maximum atomic E-state index is 13.7. The molecule has 142 valence electrons. The van der Waals surface area contributed by atoms with Crippen LogP contribution in [0.25, 0.3) is 0 Å². The molecule has 1 N–H and O–H groups in total. The molecule has 1 unspecified atom stereocenters. The summed E-state index contributed by atoms with van der Waals surface area (Å²) in [6.07, 6.45) is 0.718. The zero-order chi connectivity index (χ0) is 19.3. The average molecular weight is 364 g/mol. The van der Waals surface area contributed by atoms with Gasteiger partial charge in [-0.2, -0.15) is 0 Å². The second kappa shape index (κ2) is 8.21. The maximum absolute atomic E-state index is 13.7. The lowest BCUT2D eigenvalue weighted by molar-refractivity contribution is -0.126. The van der Waals surface area contributed by atoms with E-state index in [1.807, 2.05) is 18.2 Å². The van der Waals surface area contributed by atoms with Gasteiger partial charge in [0, 0.05) is 12.1 Å². The summed E-state index contributed by atoms with van der Waals surface area (Å²) in [5.74, 6) is -0.165. The van der Waals surface area contributed by atoms with Crippen LogP contribution < -0.4 is 10.1 Å². The zero-order valence-electron chi connectivity index (χ0n) is 15.5. The highest BCUT2D eigenvalue weighted by atomic mass is 19.1. The van der Waals surface area contributed by atoms with E-state index in [1.54, 1.807) is 33.9 Å². The van der Waals surface area contributed by atoms with Crippen molar-refractivity contribution < 1.29 is 23.5 Å². The number of benzene rings is 1. The van der Waals surface area contributed by atoms with Crippen LogP contribution in [0.5, 0.6) is 5.75 Å². The van der Waals surface area contributed by atoms with Gasteiger partial charge in [-0.15, -0.1) is 0 Å². The summed E-state index contributed by atoms with van der Waals surface area (Å²) in [5, 5.41) is 2.79. The van der Waals surface area contributed by atoms with Crippen LogP contribution in [-0.4, -0.2) is 42.2 Å². The number of nitrogens with one attached hydrogen (secondary N) is 1. The minimum absolute atomic E-state index is 0.100. The molecule has 1 aliphatic rings. The smallest absolute Gasteiger partial charge is 0.411 e. The molecular formula is C19H25FN2O4. The highest BCUT2D eigenvalue weighted by Gasteiger charge is 2.35. The predicted molar refractivity (Wildman–Crippen MR) is 95.4 cm³/mol. The van der Waals surface area contributed by atoms with Crippen LogP contribution in [0.2, 0.25) is 0 Å². The molecule has 2 rings (SSSR count). The average Bonchev–Trinajstić information content (AvgIpc) is 2.58. The van der Waals surface area contributed by atoms with Crippen LogP contribution in [0, 0.1) is 0 Å². The summed E-state index contributed by atoms with van der Waals surface area (Å²) in [5.41, 5.74) is 0.0809. The summed E-state index contributed by atoms with van der Waals surface area (Å²) in [4.78, 5) is 26.1. The van der Waals surface area contributed by atoms with Crippen molar-refractivity contribution in [3.8, 4) is 5.75 Å². The van der Waals surface area contributed by atoms with Crippen molar-refractivity contribution in [2.75, 3.05) is 13.7 Å². The van der Waals surface area contributed by atoms with Gasteiger partial charge in [0.05, 0.1) is 13.7 Å². The fourth-order valence-electron chi connectivity index (χ4n) is 2.61. The topological polar surface area (TPSA) is 67.9 Å². The van der Waals surface area contributed by atoms with E-state index >= 15 is 0 Å². The van der Waals surface area contributed by atoms with E-state index in [-0.39, 0.29) is 25.4 Å². The van der Waals surface area contributed by atoms with Gasteiger partial charge < -0.3 is 14.8 Å². The first-order valence-electron chi connectivity index (χ1n) is 8.45. The molecule has 0 saturated heterocycles. The lowest BCUT2D eigenvalue weighted by Gasteiger charge is -2.34. The third kappa shape index (κ3) is 5.21. The summed E-state index contributed by atoms with van der Waals surface area (Å²) in [6, 6.07) is 6.50. The van der Waals surface area contributed by atoms with E-state index in [2.05, 4.69) is 5.32 Å². The van der Waals surface area contributed by atoms with E-state index in [0.717, 1.165) is 10.5 Å². The first-order chi connectivity index (χ1) is 12.2. The first-order valence-corrected chi connectivity index (χ1v) is 8.45. The number of methoxy groups -OCH3 is 1. The van der Waals surface area contributed by atoms with Gasteiger partial charge in [0.2, 0.25) is 5.91 Å². The Kier molecular flexibility index (Phi) is 6.23. The molecule has 1 heterocycles. The van der Waals surface area contributed by atoms with E-state index in [0.29, 0.717) is 5.75 Å². The number of carbonyl (C=O) groups is 2. The van der Waals surface area contributed by atoms with Crippen LogP contribution in [0.1, 0.15) is 32.8 Å². The molecule has 6 nitrogen and oxygen atoms in total. The number of nitrogens with zero attached hydrogens (tertiary/aromatic N) is 1.